The van der Waals surface area contributed by atoms with E-state index in [0.717, 1.165) is 23.2 Å². The van der Waals surface area contributed by atoms with E-state index in [1.807, 2.05) is 43.5 Å². The molecule has 6 heteroatoms. The zero-order valence-corrected chi connectivity index (χ0v) is 16.5. The SMILES string of the molecule is Cc1cccc(Nc2ncc(C(=O)NCCc3c[nH]c4ccccc34)cn2)c1C. The predicted molar refractivity (Wildman–Crippen MR) is 116 cm³/mol. The van der Waals surface area contributed by atoms with Crippen molar-refractivity contribution in [1.82, 2.24) is 20.3 Å². The van der Waals surface area contributed by atoms with Crippen molar-refractivity contribution in [3.8, 4) is 0 Å². The first-order valence-electron chi connectivity index (χ1n) is 9.60. The molecule has 2 heterocycles. The van der Waals surface area contributed by atoms with Gasteiger partial charge < -0.3 is 15.6 Å². The summed E-state index contributed by atoms with van der Waals surface area (Å²) in [5.41, 5.74) is 6.03. The fraction of sp³-hybridized carbons (Fsp3) is 0.174. The molecule has 146 valence electrons. The Morgan fingerprint density at radius 3 is 2.66 bits per heavy atom. The van der Waals surface area contributed by atoms with Gasteiger partial charge in [-0.3, -0.25) is 4.79 Å². The number of anilines is 2. The number of carbonyl (C=O) groups excluding carboxylic acids is 1. The summed E-state index contributed by atoms with van der Waals surface area (Å²) in [6.45, 7) is 4.65. The molecule has 0 atom stereocenters. The van der Waals surface area contributed by atoms with Crippen LogP contribution in [0.5, 0.6) is 0 Å². The van der Waals surface area contributed by atoms with Gasteiger partial charge in [-0.2, -0.15) is 0 Å². The number of rotatable bonds is 6. The summed E-state index contributed by atoms with van der Waals surface area (Å²) in [4.78, 5) is 24.2. The lowest BCUT2D eigenvalue weighted by molar-refractivity contribution is 0.0953. The van der Waals surface area contributed by atoms with Crippen LogP contribution in [0.2, 0.25) is 0 Å². The van der Waals surface area contributed by atoms with Crippen LogP contribution in [0.4, 0.5) is 11.6 Å². The molecule has 3 N–H and O–H groups in total. The molecular formula is C23H23N5O. The predicted octanol–water partition coefficient (Wildman–Crippen LogP) is 4.29. The molecule has 29 heavy (non-hydrogen) atoms. The first kappa shape index (κ1) is 18.7. The Labute approximate surface area is 169 Å². The largest absolute Gasteiger partial charge is 0.361 e. The second-order valence-electron chi connectivity index (χ2n) is 7.03. The van der Waals surface area contributed by atoms with Gasteiger partial charge in [0.05, 0.1) is 5.56 Å². The number of aromatic amines is 1. The number of aromatic nitrogens is 3. The topological polar surface area (TPSA) is 82.7 Å². The highest BCUT2D eigenvalue weighted by atomic mass is 16.1. The highest BCUT2D eigenvalue weighted by Gasteiger charge is 2.09. The number of amides is 1. The van der Waals surface area contributed by atoms with Gasteiger partial charge >= 0.3 is 0 Å². The maximum Gasteiger partial charge on any atom is 0.254 e. The van der Waals surface area contributed by atoms with E-state index in [2.05, 4.69) is 44.6 Å². The molecule has 0 unspecified atom stereocenters. The van der Waals surface area contributed by atoms with E-state index >= 15 is 0 Å². The van der Waals surface area contributed by atoms with E-state index in [1.165, 1.54) is 16.5 Å². The van der Waals surface area contributed by atoms with E-state index in [1.54, 1.807) is 12.4 Å². The Balaban J connectivity index is 1.35. The van der Waals surface area contributed by atoms with E-state index in [9.17, 15) is 4.79 Å². The van der Waals surface area contributed by atoms with Crippen molar-refractivity contribution in [3.05, 3.63) is 83.3 Å². The number of nitrogens with one attached hydrogen (secondary N) is 3. The van der Waals surface area contributed by atoms with Crippen LogP contribution in [-0.4, -0.2) is 27.4 Å². The number of nitrogens with zero attached hydrogens (tertiary/aromatic N) is 2. The normalized spacial score (nSPS) is 10.8. The summed E-state index contributed by atoms with van der Waals surface area (Å²) >= 11 is 0. The third-order valence-corrected chi connectivity index (χ3v) is 5.12. The molecule has 0 spiro atoms. The number of benzene rings is 2. The second-order valence-corrected chi connectivity index (χ2v) is 7.03. The van der Waals surface area contributed by atoms with Gasteiger partial charge in [0.1, 0.15) is 0 Å². The number of carbonyl (C=O) groups is 1. The van der Waals surface area contributed by atoms with Gasteiger partial charge in [-0.1, -0.05) is 30.3 Å². The Kier molecular flexibility index (Phi) is 5.24. The molecule has 0 saturated carbocycles. The maximum absolute atomic E-state index is 12.4. The lowest BCUT2D eigenvalue weighted by atomic mass is 10.1. The fourth-order valence-corrected chi connectivity index (χ4v) is 3.27. The van der Waals surface area contributed by atoms with Crippen LogP contribution in [-0.2, 0) is 6.42 Å². The average Bonchev–Trinajstić information content (AvgIpc) is 3.15. The molecule has 1 amide bonds. The molecule has 0 radical (unpaired) electrons. The molecule has 0 bridgehead atoms. The molecule has 6 nitrogen and oxygen atoms in total. The lowest BCUT2D eigenvalue weighted by Gasteiger charge is -2.10. The number of aryl methyl sites for hydroxylation is 1. The van der Waals surface area contributed by atoms with Crippen molar-refractivity contribution >= 4 is 28.4 Å². The Hall–Kier alpha value is -3.67. The highest BCUT2D eigenvalue weighted by Crippen LogP contribution is 2.21. The van der Waals surface area contributed by atoms with E-state index in [0.29, 0.717) is 18.1 Å². The fourth-order valence-electron chi connectivity index (χ4n) is 3.27. The Morgan fingerprint density at radius 2 is 1.83 bits per heavy atom. The van der Waals surface area contributed by atoms with Crippen LogP contribution >= 0.6 is 0 Å². The summed E-state index contributed by atoms with van der Waals surface area (Å²) in [6, 6.07) is 14.2. The van der Waals surface area contributed by atoms with Gasteiger partial charge in [0.15, 0.2) is 0 Å². The number of hydrogen-bond acceptors (Lipinski definition) is 4. The summed E-state index contributed by atoms with van der Waals surface area (Å²) in [5, 5.41) is 7.32. The second kappa shape index (κ2) is 8.14. The van der Waals surface area contributed by atoms with Crippen LogP contribution in [0.1, 0.15) is 27.0 Å². The first-order chi connectivity index (χ1) is 14.1. The number of fused-ring (bicyclic) bond motifs is 1. The maximum atomic E-state index is 12.4. The minimum absolute atomic E-state index is 0.178. The van der Waals surface area contributed by atoms with Crippen LogP contribution in [0.15, 0.2) is 61.1 Å². The molecule has 0 aliphatic carbocycles. The van der Waals surface area contributed by atoms with Crippen LogP contribution in [0.25, 0.3) is 10.9 Å². The van der Waals surface area contributed by atoms with Crippen LogP contribution in [0, 0.1) is 13.8 Å². The number of para-hydroxylation sites is 1. The van der Waals surface area contributed by atoms with Gasteiger partial charge in [-0.25, -0.2) is 9.97 Å². The van der Waals surface area contributed by atoms with Gasteiger partial charge in [0.2, 0.25) is 5.95 Å². The minimum atomic E-state index is -0.178. The summed E-state index contributed by atoms with van der Waals surface area (Å²) < 4.78 is 0. The molecule has 2 aromatic carbocycles. The average molecular weight is 385 g/mol. The zero-order valence-electron chi connectivity index (χ0n) is 16.5. The number of hydrogen-bond donors (Lipinski definition) is 3. The minimum Gasteiger partial charge on any atom is -0.361 e. The van der Waals surface area contributed by atoms with Gasteiger partial charge in [-0.05, 0) is 49.1 Å². The Morgan fingerprint density at radius 1 is 1.03 bits per heavy atom. The van der Waals surface area contributed by atoms with Crippen molar-refractivity contribution in [1.29, 1.82) is 0 Å². The molecule has 4 rings (SSSR count). The monoisotopic (exact) mass is 385 g/mol. The summed E-state index contributed by atoms with van der Waals surface area (Å²) in [7, 11) is 0. The van der Waals surface area contributed by atoms with E-state index < -0.39 is 0 Å². The van der Waals surface area contributed by atoms with Crippen molar-refractivity contribution < 1.29 is 4.79 Å². The lowest BCUT2D eigenvalue weighted by Crippen LogP contribution is -2.26. The third-order valence-electron chi connectivity index (χ3n) is 5.12. The van der Waals surface area contributed by atoms with Crippen LogP contribution in [0.3, 0.4) is 0 Å². The van der Waals surface area contributed by atoms with E-state index in [-0.39, 0.29) is 5.91 Å². The Bertz CT molecular complexity index is 1150. The number of H-pyrrole nitrogens is 1. The van der Waals surface area contributed by atoms with Crippen molar-refractivity contribution in [3.63, 3.8) is 0 Å². The van der Waals surface area contributed by atoms with E-state index in [4.69, 9.17) is 0 Å². The zero-order chi connectivity index (χ0) is 20.2. The molecular weight excluding hydrogens is 362 g/mol. The smallest absolute Gasteiger partial charge is 0.254 e. The summed E-state index contributed by atoms with van der Waals surface area (Å²) in [6.07, 6.45) is 5.83. The van der Waals surface area contributed by atoms with Gasteiger partial charge in [-0.15, -0.1) is 0 Å². The quantitative estimate of drug-likeness (QED) is 0.462. The highest BCUT2D eigenvalue weighted by molar-refractivity contribution is 5.93. The molecule has 2 aromatic heterocycles. The van der Waals surface area contributed by atoms with Gasteiger partial charge in [0.25, 0.3) is 5.91 Å². The third kappa shape index (κ3) is 4.11. The van der Waals surface area contributed by atoms with Crippen molar-refractivity contribution in [2.75, 3.05) is 11.9 Å². The van der Waals surface area contributed by atoms with Gasteiger partial charge in [0, 0.05) is 41.7 Å². The van der Waals surface area contributed by atoms with Crippen molar-refractivity contribution in [2.24, 2.45) is 0 Å². The molecule has 0 aliphatic rings. The summed E-state index contributed by atoms with van der Waals surface area (Å²) in [5.74, 6) is 0.289. The van der Waals surface area contributed by atoms with Crippen LogP contribution < -0.4 is 10.6 Å². The molecule has 0 saturated heterocycles. The molecule has 0 aliphatic heterocycles. The molecule has 4 aromatic rings. The van der Waals surface area contributed by atoms with Crippen molar-refractivity contribution in [2.45, 2.75) is 20.3 Å². The standard InChI is InChI=1S/C23H23N5O/c1-15-6-5-9-20(16(15)2)28-23-26-13-18(14-27-23)22(29)24-11-10-17-12-25-21-8-4-3-7-19(17)21/h3-9,12-14,25H,10-11H2,1-2H3,(H,24,29)(H,26,27,28). The first-order valence-corrected chi connectivity index (χ1v) is 9.60. The molecule has 0 fully saturated rings.